The van der Waals surface area contributed by atoms with Gasteiger partial charge in [0.1, 0.15) is 0 Å². The van der Waals surface area contributed by atoms with Crippen LogP contribution in [0.2, 0.25) is 0 Å². The van der Waals surface area contributed by atoms with Gasteiger partial charge < -0.3 is 5.32 Å². The number of nitro benzene ring substituents is 1. The second kappa shape index (κ2) is 6.12. The molecular formula is C14H21N3O2. The zero-order chi connectivity index (χ0) is 13.8. The summed E-state index contributed by atoms with van der Waals surface area (Å²) in [5.74, 6) is 0. The first-order chi connectivity index (χ1) is 9.11. The fourth-order valence-corrected chi connectivity index (χ4v) is 2.72. The van der Waals surface area contributed by atoms with Crippen molar-refractivity contribution in [1.29, 1.82) is 0 Å². The topological polar surface area (TPSA) is 58.4 Å². The van der Waals surface area contributed by atoms with E-state index in [0.29, 0.717) is 6.04 Å². The molecule has 1 N–H and O–H groups in total. The first-order valence-electron chi connectivity index (χ1n) is 6.77. The number of nitrogens with zero attached hydrogens (tertiary/aromatic N) is 2. The Morgan fingerprint density at radius 1 is 1.47 bits per heavy atom. The first kappa shape index (κ1) is 14.0. The van der Waals surface area contributed by atoms with Gasteiger partial charge in [0.15, 0.2) is 0 Å². The average molecular weight is 263 g/mol. The van der Waals surface area contributed by atoms with Crippen molar-refractivity contribution < 1.29 is 4.92 Å². The van der Waals surface area contributed by atoms with Gasteiger partial charge in [-0.05, 0) is 33.4 Å². The normalized spacial score (nSPS) is 21.3. The van der Waals surface area contributed by atoms with Crippen LogP contribution in [0.25, 0.3) is 0 Å². The molecular weight excluding hydrogens is 242 g/mol. The Morgan fingerprint density at radius 3 is 2.84 bits per heavy atom. The Kier molecular flexibility index (Phi) is 4.50. The third-order valence-electron chi connectivity index (χ3n) is 4.04. The van der Waals surface area contributed by atoms with E-state index in [2.05, 4.69) is 17.3 Å². The number of piperidine rings is 1. The van der Waals surface area contributed by atoms with Crippen molar-refractivity contribution in [2.75, 3.05) is 20.1 Å². The molecule has 19 heavy (non-hydrogen) atoms. The predicted octanol–water partition coefficient (Wildman–Crippen LogP) is 2.34. The highest BCUT2D eigenvalue weighted by Crippen LogP contribution is 2.30. The van der Waals surface area contributed by atoms with Crippen LogP contribution in [-0.2, 0) is 0 Å². The van der Waals surface area contributed by atoms with Crippen LogP contribution in [0, 0.1) is 10.1 Å². The van der Waals surface area contributed by atoms with Gasteiger partial charge in [-0.25, -0.2) is 0 Å². The Hall–Kier alpha value is -1.46. The molecule has 5 nitrogen and oxygen atoms in total. The molecule has 1 saturated heterocycles. The van der Waals surface area contributed by atoms with E-state index >= 15 is 0 Å². The van der Waals surface area contributed by atoms with Crippen molar-refractivity contribution in [1.82, 2.24) is 10.2 Å². The molecule has 0 amide bonds. The molecule has 1 fully saturated rings. The Balaban J connectivity index is 2.18. The molecule has 5 heteroatoms. The average Bonchev–Trinajstić information content (AvgIpc) is 2.46. The van der Waals surface area contributed by atoms with Crippen molar-refractivity contribution in [3.8, 4) is 0 Å². The van der Waals surface area contributed by atoms with Crippen molar-refractivity contribution in [3.63, 3.8) is 0 Å². The van der Waals surface area contributed by atoms with Crippen LogP contribution in [-0.4, -0.2) is 36.0 Å². The summed E-state index contributed by atoms with van der Waals surface area (Å²) < 4.78 is 0. The molecule has 2 rings (SSSR count). The molecule has 0 spiro atoms. The van der Waals surface area contributed by atoms with Gasteiger partial charge in [-0.2, -0.15) is 0 Å². The van der Waals surface area contributed by atoms with Crippen molar-refractivity contribution in [2.24, 2.45) is 0 Å². The van der Waals surface area contributed by atoms with Gasteiger partial charge in [0.2, 0.25) is 0 Å². The number of para-hydroxylation sites is 1. The molecule has 104 valence electrons. The molecule has 1 aliphatic rings. The maximum absolute atomic E-state index is 11.1. The third kappa shape index (κ3) is 3.11. The van der Waals surface area contributed by atoms with E-state index in [1.54, 1.807) is 12.1 Å². The smallest absolute Gasteiger partial charge is 0.274 e. The molecule has 2 atom stereocenters. The predicted molar refractivity (Wildman–Crippen MR) is 75.2 cm³/mol. The largest absolute Gasteiger partial charge is 0.315 e. The summed E-state index contributed by atoms with van der Waals surface area (Å²) in [6.45, 7) is 4.07. The van der Waals surface area contributed by atoms with Crippen LogP contribution in [0.4, 0.5) is 5.69 Å². The summed E-state index contributed by atoms with van der Waals surface area (Å²) in [6, 6.07) is 7.52. The van der Waals surface area contributed by atoms with Crippen molar-refractivity contribution >= 4 is 5.69 Å². The minimum absolute atomic E-state index is 0.0477. The highest BCUT2D eigenvalue weighted by molar-refractivity contribution is 5.41. The van der Waals surface area contributed by atoms with Crippen molar-refractivity contribution in [3.05, 3.63) is 39.9 Å². The maximum atomic E-state index is 11.1. The molecule has 2 unspecified atom stereocenters. The van der Waals surface area contributed by atoms with E-state index in [1.807, 2.05) is 19.1 Å². The van der Waals surface area contributed by atoms with Gasteiger partial charge in [-0.1, -0.05) is 18.2 Å². The number of likely N-dealkylation sites (N-methyl/N-ethyl adjacent to an activating group) is 1. The second-order valence-electron chi connectivity index (χ2n) is 5.16. The highest BCUT2D eigenvalue weighted by atomic mass is 16.6. The van der Waals surface area contributed by atoms with Crippen LogP contribution in [0.5, 0.6) is 0 Å². The second-order valence-corrected chi connectivity index (χ2v) is 5.16. The molecule has 1 aliphatic heterocycles. The van der Waals surface area contributed by atoms with Gasteiger partial charge in [0.05, 0.1) is 4.92 Å². The maximum Gasteiger partial charge on any atom is 0.274 e. The van der Waals surface area contributed by atoms with E-state index < -0.39 is 0 Å². The lowest BCUT2D eigenvalue weighted by molar-refractivity contribution is -0.386. The van der Waals surface area contributed by atoms with E-state index in [1.165, 1.54) is 6.42 Å². The van der Waals surface area contributed by atoms with Crippen LogP contribution >= 0.6 is 0 Å². The zero-order valence-corrected chi connectivity index (χ0v) is 11.5. The molecule has 0 aliphatic carbocycles. The fraction of sp³-hybridized carbons (Fsp3) is 0.571. The summed E-state index contributed by atoms with van der Waals surface area (Å²) in [5.41, 5.74) is 1.01. The Bertz CT molecular complexity index is 444. The Morgan fingerprint density at radius 2 is 2.21 bits per heavy atom. The lowest BCUT2D eigenvalue weighted by atomic mass is 10.00. The number of rotatable bonds is 4. The van der Waals surface area contributed by atoms with E-state index in [0.717, 1.165) is 25.1 Å². The minimum atomic E-state index is -0.293. The fourth-order valence-electron chi connectivity index (χ4n) is 2.72. The lowest BCUT2D eigenvalue weighted by Crippen LogP contribution is -2.45. The lowest BCUT2D eigenvalue weighted by Gasteiger charge is -2.35. The Labute approximate surface area is 113 Å². The molecule has 0 aromatic heterocycles. The molecule has 1 aromatic carbocycles. The molecule has 1 aromatic rings. The van der Waals surface area contributed by atoms with Crippen LogP contribution in [0.3, 0.4) is 0 Å². The van der Waals surface area contributed by atoms with Gasteiger partial charge in [0.25, 0.3) is 5.69 Å². The summed E-state index contributed by atoms with van der Waals surface area (Å²) in [6.07, 6.45) is 2.31. The van der Waals surface area contributed by atoms with Gasteiger partial charge in [0, 0.05) is 30.3 Å². The highest BCUT2D eigenvalue weighted by Gasteiger charge is 2.26. The van der Waals surface area contributed by atoms with Gasteiger partial charge in [-0.15, -0.1) is 0 Å². The van der Waals surface area contributed by atoms with Crippen LogP contribution < -0.4 is 5.32 Å². The molecule has 1 heterocycles. The minimum Gasteiger partial charge on any atom is -0.315 e. The van der Waals surface area contributed by atoms with Crippen LogP contribution in [0.15, 0.2) is 24.3 Å². The number of nitro groups is 1. The SMILES string of the molecule is CC(c1ccccc1[N+](=O)[O-])N(C)C1CCCNC1. The van der Waals surface area contributed by atoms with E-state index in [-0.39, 0.29) is 16.7 Å². The molecule has 0 radical (unpaired) electrons. The van der Waals surface area contributed by atoms with E-state index in [9.17, 15) is 10.1 Å². The number of benzene rings is 1. The third-order valence-corrected chi connectivity index (χ3v) is 4.04. The van der Waals surface area contributed by atoms with Crippen LogP contribution in [0.1, 0.15) is 31.4 Å². The quantitative estimate of drug-likeness (QED) is 0.669. The zero-order valence-electron chi connectivity index (χ0n) is 11.5. The van der Waals surface area contributed by atoms with Gasteiger partial charge >= 0.3 is 0 Å². The standard InChI is InChI=1S/C14H21N3O2/c1-11(16(2)12-6-5-9-15-10-12)13-7-3-4-8-14(13)17(18)19/h3-4,7-8,11-12,15H,5-6,9-10H2,1-2H3. The summed E-state index contributed by atoms with van der Waals surface area (Å²) in [5, 5.41) is 14.5. The summed E-state index contributed by atoms with van der Waals surface area (Å²) >= 11 is 0. The number of hydrogen-bond acceptors (Lipinski definition) is 4. The number of hydrogen-bond donors (Lipinski definition) is 1. The number of nitrogens with one attached hydrogen (secondary N) is 1. The summed E-state index contributed by atoms with van der Waals surface area (Å²) in [7, 11) is 2.05. The summed E-state index contributed by atoms with van der Waals surface area (Å²) in [4.78, 5) is 13.1. The molecule has 0 saturated carbocycles. The molecule has 0 bridgehead atoms. The first-order valence-corrected chi connectivity index (χ1v) is 6.77. The van der Waals surface area contributed by atoms with E-state index in [4.69, 9.17) is 0 Å². The monoisotopic (exact) mass is 263 g/mol. The van der Waals surface area contributed by atoms with Gasteiger partial charge in [-0.3, -0.25) is 15.0 Å². The van der Waals surface area contributed by atoms with Crippen molar-refractivity contribution in [2.45, 2.75) is 31.8 Å².